The first-order valence-electron chi connectivity index (χ1n) is 5.84. The van der Waals surface area contributed by atoms with Crippen molar-refractivity contribution in [2.75, 3.05) is 13.1 Å². The van der Waals surface area contributed by atoms with E-state index in [1.807, 2.05) is 17.0 Å². The highest BCUT2D eigenvalue weighted by Crippen LogP contribution is 2.12. The number of aliphatic hydroxyl groups is 1. The molecule has 4 nitrogen and oxygen atoms in total. The van der Waals surface area contributed by atoms with Crippen molar-refractivity contribution in [1.82, 2.24) is 4.90 Å². The third-order valence-corrected chi connectivity index (χ3v) is 2.74. The highest BCUT2D eigenvalue weighted by molar-refractivity contribution is 6.30. The van der Waals surface area contributed by atoms with E-state index in [0.717, 1.165) is 5.56 Å². The molecule has 0 heterocycles. The maximum Gasteiger partial charge on any atom is 0.304 e. The summed E-state index contributed by atoms with van der Waals surface area (Å²) in [5, 5.41) is 18.8. The molecule has 18 heavy (non-hydrogen) atoms. The first-order valence-corrected chi connectivity index (χ1v) is 6.22. The summed E-state index contributed by atoms with van der Waals surface area (Å²) in [5.41, 5.74) is 1.05. The molecule has 0 saturated heterocycles. The topological polar surface area (TPSA) is 60.8 Å². The lowest BCUT2D eigenvalue weighted by atomic mass is 10.2. The second kappa shape index (κ2) is 7.36. The van der Waals surface area contributed by atoms with Gasteiger partial charge in [0, 0.05) is 24.7 Å². The van der Waals surface area contributed by atoms with Gasteiger partial charge < -0.3 is 10.2 Å². The van der Waals surface area contributed by atoms with Gasteiger partial charge in [-0.2, -0.15) is 0 Å². The van der Waals surface area contributed by atoms with Crippen LogP contribution in [0.1, 0.15) is 18.9 Å². The molecule has 100 valence electrons. The monoisotopic (exact) mass is 271 g/mol. The zero-order valence-corrected chi connectivity index (χ0v) is 11.1. The van der Waals surface area contributed by atoms with Crippen molar-refractivity contribution in [3.63, 3.8) is 0 Å². The number of carboxylic acid groups (broad SMARTS) is 1. The average Bonchev–Trinajstić information content (AvgIpc) is 2.28. The Morgan fingerprint density at radius 3 is 2.50 bits per heavy atom. The fourth-order valence-corrected chi connectivity index (χ4v) is 1.84. The lowest BCUT2D eigenvalue weighted by molar-refractivity contribution is -0.137. The molecule has 0 aliphatic heterocycles. The van der Waals surface area contributed by atoms with Crippen LogP contribution in [0.3, 0.4) is 0 Å². The minimum Gasteiger partial charge on any atom is -0.481 e. The van der Waals surface area contributed by atoms with Crippen molar-refractivity contribution in [3.8, 4) is 0 Å². The van der Waals surface area contributed by atoms with Crippen molar-refractivity contribution in [2.24, 2.45) is 0 Å². The minimum atomic E-state index is -0.832. The summed E-state index contributed by atoms with van der Waals surface area (Å²) in [6, 6.07) is 7.40. The Hall–Kier alpha value is -1.10. The number of nitrogens with zero attached hydrogens (tertiary/aromatic N) is 1. The molecule has 2 N–H and O–H groups in total. The molecule has 1 unspecified atom stereocenters. The third-order valence-electron chi connectivity index (χ3n) is 2.48. The first-order chi connectivity index (χ1) is 8.47. The van der Waals surface area contributed by atoms with E-state index in [1.165, 1.54) is 0 Å². The molecule has 1 aromatic rings. The molecule has 0 spiro atoms. The van der Waals surface area contributed by atoms with Crippen molar-refractivity contribution >= 4 is 17.6 Å². The summed E-state index contributed by atoms with van der Waals surface area (Å²) in [7, 11) is 0. The molecule has 0 aliphatic rings. The maximum absolute atomic E-state index is 10.6. The number of halogens is 1. The summed E-state index contributed by atoms with van der Waals surface area (Å²) >= 11 is 5.80. The van der Waals surface area contributed by atoms with Gasteiger partial charge in [-0.05, 0) is 24.6 Å². The Morgan fingerprint density at radius 2 is 2.00 bits per heavy atom. The van der Waals surface area contributed by atoms with Crippen LogP contribution in [0, 0.1) is 0 Å². The number of aliphatic carboxylic acids is 1. The van der Waals surface area contributed by atoms with Gasteiger partial charge in [0.1, 0.15) is 0 Å². The van der Waals surface area contributed by atoms with Crippen LogP contribution in [0.4, 0.5) is 0 Å². The van der Waals surface area contributed by atoms with Gasteiger partial charge in [0.05, 0.1) is 12.5 Å². The van der Waals surface area contributed by atoms with Gasteiger partial charge in [-0.3, -0.25) is 9.69 Å². The average molecular weight is 272 g/mol. The Labute approximate surface area is 112 Å². The van der Waals surface area contributed by atoms with E-state index in [9.17, 15) is 9.90 Å². The maximum atomic E-state index is 10.6. The molecule has 1 rings (SSSR count). The van der Waals surface area contributed by atoms with E-state index in [-0.39, 0.29) is 6.42 Å². The van der Waals surface area contributed by atoms with Crippen LogP contribution in [0.15, 0.2) is 24.3 Å². The molecule has 0 saturated carbocycles. The molecule has 5 heteroatoms. The molecule has 0 amide bonds. The van der Waals surface area contributed by atoms with Crippen molar-refractivity contribution < 1.29 is 15.0 Å². The summed E-state index contributed by atoms with van der Waals surface area (Å²) in [6.07, 6.45) is -0.411. The normalized spacial score (nSPS) is 12.7. The molecule has 0 fully saturated rings. The SMILES string of the molecule is CC(O)CN(CCC(=O)O)Cc1ccc(Cl)cc1. The summed E-state index contributed by atoms with van der Waals surface area (Å²) in [6.45, 7) is 3.17. The Balaban J connectivity index is 2.59. The number of benzene rings is 1. The number of hydrogen-bond acceptors (Lipinski definition) is 3. The van der Waals surface area contributed by atoms with E-state index >= 15 is 0 Å². The Morgan fingerprint density at radius 1 is 1.39 bits per heavy atom. The quantitative estimate of drug-likeness (QED) is 0.796. The summed E-state index contributed by atoms with van der Waals surface area (Å²) in [5.74, 6) is -0.832. The largest absolute Gasteiger partial charge is 0.481 e. The van der Waals surface area contributed by atoms with E-state index in [4.69, 9.17) is 16.7 Å². The van der Waals surface area contributed by atoms with Gasteiger partial charge in [-0.15, -0.1) is 0 Å². The fraction of sp³-hybridized carbons (Fsp3) is 0.462. The summed E-state index contributed by atoms with van der Waals surface area (Å²) in [4.78, 5) is 12.5. The van der Waals surface area contributed by atoms with Gasteiger partial charge in [0.2, 0.25) is 0 Å². The first kappa shape index (κ1) is 15.0. The van der Waals surface area contributed by atoms with Crippen LogP contribution in [0.5, 0.6) is 0 Å². The van der Waals surface area contributed by atoms with Crippen molar-refractivity contribution in [3.05, 3.63) is 34.9 Å². The zero-order valence-electron chi connectivity index (χ0n) is 10.3. The molecule has 0 aliphatic carbocycles. The second-order valence-corrected chi connectivity index (χ2v) is 4.79. The predicted octanol–water partition coefficient (Wildman–Crippen LogP) is 2.00. The van der Waals surface area contributed by atoms with E-state index in [1.54, 1.807) is 19.1 Å². The fourth-order valence-electron chi connectivity index (χ4n) is 1.71. The lowest BCUT2D eigenvalue weighted by Gasteiger charge is -2.23. The van der Waals surface area contributed by atoms with Crippen molar-refractivity contribution in [1.29, 1.82) is 0 Å². The lowest BCUT2D eigenvalue weighted by Crippen LogP contribution is -2.32. The van der Waals surface area contributed by atoms with Gasteiger partial charge in [0.15, 0.2) is 0 Å². The zero-order chi connectivity index (χ0) is 13.5. The highest BCUT2D eigenvalue weighted by Gasteiger charge is 2.10. The van der Waals surface area contributed by atoms with Crippen LogP contribution in [0.25, 0.3) is 0 Å². The summed E-state index contributed by atoms with van der Waals surface area (Å²) < 4.78 is 0. The molecule has 1 aromatic carbocycles. The highest BCUT2D eigenvalue weighted by atomic mass is 35.5. The van der Waals surface area contributed by atoms with Crippen LogP contribution >= 0.6 is 11.6 Å². The molecule has 0 radical (unpaired) electrons. The molecule has 0 aromatic heterocycles. The number of carboxylic acids is 1. The smallest absolute Gasteiger partial charge is 0.304 e. The standard InChI is InChI=1S/C13H18ClNO3/c1-10(16)8-15(7-6-13(17)18)9-11-2-4-12(14)5-3-11/h2-5,10,16H,6-9H2,1H3,(H,17,18). The molecule has 1 atom stereocenters. The van der Waals surface area contributed by atoms with Gasteiger partial charge in [-0.25, -0.2) is 0 Å². The van der Waals surface area contributed by atoms with E-state index in [2.05, 4.69) is 0 Å². The Bertz CT molecular complexity index is 378. The van der Waals surface area contributed by atoms with Gasteiger partial charge in [0.25, 0.3) is 0 Å². The van der Waals surface area contributed by atoms with Crippen LogP contribution in [-0.2, 0) is 11.3 Å². The van der Waals surface area contributed by atoms with Crippen LogP contribution < -0.4 is 0 Å². The van der Waals surface area contributed by atoms with Crippen LogP contribution in [-0.4, -0.2) is 40.3 Å². The molecule has 0 bridgehead atoms. The number of carbonyl (C=O) groups is 1. The third kappa shape index (κ3) is 6.00. The van der Waals surface area contributed by atoms with E-state index in [0.29, 0.717) is 24.7 Å². The number of rotatable bonds is 7. The van der Waals surface area contributed by atoms with E-state index < -0.39 is 12.1 Å². The predicted molar refractivity (Wildman–Crippen MR) is 70.7 cm³/mol. The molecular weight excluding hydrogens is 254 g/mol. The van der Waals surface area contributed by atoms with Gasteiger partial charge >= 0.3 is 5.97 Å². The van der Waals surface area contributed by atoms with Crippen LogP contribution in [0.2, 0.25) is 5.02 Å². The van der Waals surface area contributed by atoms with Gasteiger partial charge in [-0.1, -0.05) is 23.7 Å². The second-order valence-electron chi connectivity index (χ2n) is 4.35. The molecular formula is C13H18ClNO3. The number of aliphatic hydroxyl groups excluding tert-OH is 1. The number of hydrogen-bond donors (Lipinski definition) is 2. The Kier molecular flexibility index (Phi) is 6.12. The minimum absolute atomic E-state index is 0.0698. The van der Waals surface area contributed by atoms with Crippen molar-refractivity contribution in [2.45, 2.75) is 26.0 Å².